The third kappa shape index (κ3) is 2.27. The molecule has 0 aliphatic carbocycles. The lowest BCUT2D eigenvalue weighted by Gasteiger charge is -2.06. The number of aromatic carboxylic acids is 1. The lowest BCUT2D eigenvalue weighted by atomic mass is 10.1. The molecule has 5 nitrogen and oxygen atoms in total. The maximum absolute atomic E-state index is 11.1. The first kappa shape index (κ1) is 13.3. The van der Waals surface area contributed by atoms with E-state index in [2.05, 4.69) is 16.1 Å². The minimum Gasteiger partial charge on any atom is -0.478 e. The van der Waals surface area contributed by atoms with Crippen LogP contribution < -0.4 is 0 Å². The van der Waals surface area contributed by atoms with Crippen molar-refractivity contribution in [1.29, 1.82) is 0 Å². The normalized spacial score (nSPS) is 11.0. The molecule has 5 heteroatoms. The lowest BCUT2D eigenvalue weighted by Crippen LogP contribution is -2.01. The van der Waals surface area contributed by atoms with E-state index in [1.165, 1.54) is 6.20 Å². The van der Waals surface area contributed by atoms with Crippen molar-refractivity contribution >= 4 is 17.0 Å². The van der Waals surface area contributed by atoms with E-state index in [1.807, 2.05) is 32.9 Å². The average molecular weight is 281 g/mol. The maximum atomic E-state index is 11.1. The Bertz CT molecular complexity index is 845. The van der Waals surface area contributed by atoms with Crippen LogP contribution >= 0.6 is 0 Å². The monoisotopic (exact) mass is 281 g/mol. The number of pyridine rings is 1. The number of carbonyl (C=O) groups is 1. The quantitative estimate of drug-likeness (QED) is 0.784. The summed E-state index contributed by atoms with van der Waals surface area (Å²) in [5.41, 5.74) is 4.83. The van der Waals surface area contributed by atoms with Gasteiger partial charge in [-0.15, -0.1) is 0 Å². The molecule has 0 atom stereocenters. The molecular weight excluding hydrogens is 266 g/mol. The summed E-state index contributed by atoms with van der Waals surface area (Å²) >= 11 is 0. The van der Waals surface area contributed by atoms with Crippen molar-refractivity contribution in [3.8, 4) is 5.69 Å². The van der Waals surface area contributed by atoms with E-state index in [4.69, 9.17) is 5.11 Å². The van der Waals surface area contributed by atoms with Crippen molar-refractivity contribution in [3.05, 3.63) is 52.8 Å². The van der Waals surface area contributed by atoms with E-state index in [0.29, 0.717) is 5.65 Å². The van der Waals surface area contributed by atoms with Crippen LogP contribution in [0.5, 0.6) is 0 Å². The second-order valence-corrected chi connectivity index (χ2v) is 5.24. The lowest BCUT2D eigenvalue weighted by molar-refractivity contribution is 0.0696. The predicted molar refractivity (Wildman–Crippen MR) is 80.0 cm³/mol. The molecule has 3 aromatic rings. The first-order valence-electron chi connectivity index (χ1n) is 6.63. The number of hydrogen-bond donors (Lipinski definition) is 1. The molecule has 0 saturated carbocycles. The number of hydrogen-bond acceptors (Lipinski definition) is 3. The topological polar surface area (TPSA) is 68.0 Å². The molecule has 2 heterocycles. The second kappa shape index (κ2) is 4.70. The Hall–Kier alpha value is -2.69. The van der Waals surface area contributed by atoms with Crippen LogP contribution in [0.15, 0.2) is 30.5 Å². The van der Waals surface area contributed by atoms with E-state index in [1.54, 1.807) is 10.7 Å². The van der Waals surface area contributed by atoms with Crippen LogP contribution in [0.4, 0.5) is 0 Å². The fourth-order valence-corrected chi connectivity index (χ4v) is 2.51. The zero-order chi connectivity index (χ0) is 15.1. The molecule has 3 rings (SSSR count). The Morgan fingerprint density at radius 1 is 1.10 bits per heavy atom. The number of carboxylic acids is 1. The first-order valence-corrected chi connectivity index (χ1v) is 6.63. The largest absolute Gasteiger partial charge is 0.478 e. The molecule has 106 valence electrons. The SMILES string of the molecule is Cc1cc(C)cc(-n2nc(C)c3cc(C(=O)O)cnc32)c1. The van der Waals surface area contributed by atoms with Crippen LogP contribution in [0.25, 0.3) is 16.7 Å². The zero-order valence-electron chi connectivity index (χ0n) is 12.1. The van der Waals surface area contributed by atoms with Gasteiger partial charge in [-0.3, -0.25) is 0 Å². The highest BCUT2D eigenvalue weighted by Gasteiger charge is 2.13. The Morgan fingerprint density at radius 3 is 2.38 bits per heavy atom. The molecule has 1 N–H and O–H groups in total. The summed E-state index contributed by atoms with van der Waals surface area (Å²) in [5, 5.41) is 14.3. The summed E-state index contributed by atoms with van der Waals surface area (Å²) in [5.74, 6) is -0.983. The van der Waals surface area contributed by atoms with E-state index < -0.39 is 5.97 Å². The molecular formula is C16H15N3O2. The highest BCUT2D eigenvalue weighted by molar-refractivity contribution is 5.92. The minimum atomic E-state index is -0.983. The van der Waals surface area contributed by atoms with Gasteiger partial charge in [-0.25, -0.2) is 14.5 Å². The van der Waals surface area contributed by atoms with Gasteiger partial charge in [-0.2, -0.15) is 5.10 Å². The van der Waals surface area contributed by atoms with E-state index in [9.17, 15) is 4.79 Å². The van der Waals surface area contributed by atoms with Crippen molar-refractivity contribution in [1.82, 2.24) is 14.8 Å². The Kier molecular flexibility index (Phi) is 2.97. The Morgan fingerprint density at radius 2 is 1.76 bits per heavy atom. The molecule has 2 aromatic heterocycles. The number of aromatic nitrogens is 3. The standard InChI is InChI=1S/C16H15N3O2/c1-9-4-10(2)6-13(5-9)19-15-14(11(3)18-19)7-12(8-17-15)16(20)21/h4-8H,1-3H3,(H,20,21). The first-order chi connectivity index (χ1) is 9.95. The van der Waals surface area contributed by atoms with Crippen molar-refractivity contribution in [2.24, 2.45) is 0 Å². The fourth-order valence-electron chi connectivity index (χ4n) is 2.51. The fraction of sp³-hybridized carbons (Fsp3) is 0.188. The average Bonchev–Trinajstić information content (AvgIpc) is 2.74. The molecule has 0 aliphatic heterocycles. The van der Waals surface area contributed by atoms with Gasteiger partial charge in [0, 0.05) is 11.6 Å². The number of carboxylic acid groups (broad SMARTS) is 1. The summed E-state index contributed by atoms with van der Waals surface area (Å²) in [6, 6.07) is 7.78. The Labute approximate surface area is 121 Å². The smallest absolute Gasteiger partial charge is 0.337 e. The highest BCUT2D eigenvalue weighted by Crippen LogP contribution is 2.22. The third-order valence-corrected chi connectivity index (χ3v) is 3.41. The van der Waals surface area contributed by atoms with Crippen LogP contribution in [0.1, 0.15) is 27.2 Å². The second-order valence-electron chi connectivity index (χ2n) is 5.24. The number of aryl methyl sites for hydroxylation is 3. The minimum absolute atomic E-state index is 0.172. The van der Waals surface area contributed by atoms with Gasteiger partial charge in [0.2, 0.25) is 0 Å². The van der Waals surface area contributed by atoms with Gasteiger partial charge in [0.1, 0.15) is 0 Å². The summed E-state index contributed by atoms with van der Waals surface area (Å²) in [7, 11) is 0. The number of fused-ring (bicyclic) bond motifs is 1. The van der Waals surface area contributed by atoms with Crippen LogP contribution in [0.3, 0.4) is 0 Å². The molecule has 0 unspecified atom stereocenters. The molecule has 21 heavy (non-hydrogen) atoms. The van der Waals surface area contributed by atoms with Gasteiger partial charge in [-0.1, -0.05) is 6.07 Å². The van der Waals surface area contributed by atoms with Crippen molar-refractivity contribution in [2.45, 2.75) is 20.8 Å². The molecule has 0 bridgehead atoms. The maximum Gasteiger partial charge on any atom is 0.337 e. The number of rotatable bonds is 2. The van der Waals surface area contributed by atoms with Gasteiger partial charge in [-0.05, 0) is 50.1 Å². The molecule has 0 radical (unpaired) electrons. The van der Waals surface area contributed by atoms with E-state index in [-0.39, 0.29) is 5.56 Å². The van der Waals surface area contributed by atoms with E-state index in [0.717, 1.165) is 27.9 Å². The van der Waals surface area contributed by atoms with Crippen LogP contribution in [0.2, 0.25) is 0 Å². The van der Waals surface area contributed by atoms with Crippen molar-refractivity contribution in [2.75, 3.05) is 0 Å². The Balaban J connectivity index is 2.26. The molecule has 0 fully saturated rings. The van der Waals surface area contributed by atoms with Gasteiger partial charge in [0.25, 0.3) is 0 Å². The van der Waals surface area contributed by atoms with Crippen LogP contribution in [-0.2, 0) is 0 Å². The van der Waals surface area contributed by atoms with Gasteiger partial charge < -0.3 is 5.11 Å². The molecule has 0 saturated heterocycles. The summed E-state index contributed by atoms with van der Waals surface area (Å²) in [6.07, 6.45) is 1.37. The number of nitrogens with zero attached hydrogens (tertiary/aromatic N) is 3. The van der Waals surface area contributed by atoms with Crippen molar-refractivity contribution in [3.63, 3.8) is 0 Å². The van der Waals surface area contributed by atoms with Crippen molar-refractivity contribution < 1.29 is 9.90 Å². The molecule has 1 aromatic carbocycles. The molecule has 0 aliphatic rings. The summed E-state index contributed by atoms with van der Waals surface area (Å²) in [6.45, 7) is 5.92. The number of benzene rings is 1. The third-order valence-electron chi connectivity index (χ3n) is 3.41. The summed E-state index contributed by atoms with van der Waals surface area (Å²) in [4.78, 5) is 15.3. The van der Waals surface area contributed by atoms with Crippen LogP contribution in [0, 0.1) is 20.8 Å². The molecule has 0 spiro atoms. The summed E-state index contributed by atoms with van der Waals surface area (Å²) < 4.78 is 1.76. The predicted octanol–water partition coefficient (Wildman–Crippen LogP) is 3.04. The van der Waals surface area contributed by atoms with Gasteiger partial charge in [0.05, 0.1) is 16.9 Å². The van der Waals surface area contributed by atoms with E-state index >= 15 is 0 Å². The van der Waals surface area contributed by atoms with Crippen LogP contribution in [-0.4, -0.2) is 25.8 Å². The molecule has 0 amide bonds. The van der Waals surface area contributed by atoms with Gasteiger partial charge in [0.15, 0.2) is 5.65 Å². The van der Waals surface area contributed by atoms with Gasteiger partial charge >= 0.3 is 5.97 Å². The highest BCUT2D eigenvalue weighted by atomic mass is 16.4. The zero-order valence-corrected chi connectivity index (χ0v) is 12.1.